The van der Waals surface area contributed by atoms with Gasteiger partial charge < -0.3 is 10.6 Å². The third-order valence-electron chi connectivity index (χ3n) is 4.73. The largest absolute Gasteiger partial charge is 0.354 e. The maximum atomic E-state index is 4.37. The zero-order chi connectivity index (χ0) is 18.4. The van der Waals surface area contributed by atoms with Crippen LogP contribution in [0.1, 0.15) is 29.0 Å². The number of aryl methyl sites for hydroxylation is 1. The van der Waals surface area contributed by atoms with Crippen LogP contribution < -0.4 is 10.6 Å². The lowest BCUT2D eigenvalue weighted by Crippen LogP contribution is -2.48. The van der Waals surface area contributed by atoms with Crippen molar-refractivity contribution in [3.05, 3.63) is 50.4 Å². The van der Waals surface area contributed by atoms with Gasteiger partial charge in [0.15, 0.2) is 5.96 Å². The summed E-state index contributed by atoms with van der Waals surface area (Å²) < 4.78 is 1.14. The highest BCUT2D eigenvalue weighted by Gasteiger charge is 2.20. The lowest BCUT2D eigenvalue weighted by atomic mass is 10.0. The van der Waals surface area contributed by atoms with E-state index in [0.29, 0.717) is 6.04 Å². The van der Waals surface area contributed by atoms with Gasteiger partial charge in [0.2, 0.25) is 0 Å². The Hall–Kier alpha value is -0.710. The highest BCUT2D eigenvalue weighted by atomic mass is 127. The first-order valence-corrected chi connectivity index (χ1v) is 10.6. The van der Waals surface area contributed by atoms with Crippen molar-refractivity contribution in [1.29, 1.82) is 0 Å². The molecule has 2 aromatic rings. The molecule has 0 atom stereocenters. The second-order valence-corrected chi connectivity index (χ2v) is 8.46. The van der Waals surface area contributed by atoms with E-state index in [-0.39, 0.29) is 24.0 Å². The van der Waals surface area contributed by atoms with Crippen molar-refractivity contribution in [2.24, 2.45) is 4.99 Å². The van der Waals surface area contributed by atoms with Gasteiger partial charge >= 0.3 is 0 Å². The summed E-state index contributed by atoms with van der Waals surface area (Å²) in [6.45, 7) is 6.07. The molecule has 1 aliphatic rings. The standard InChI is InChI=1S/C19H26BrN5S.HI/c1-14-18(26-13-23-14)11-22-19(21-2)24-17-7-9-25(10-8-17)12-15-3-5-16(20)6-4-15;/h3-6,13,17H,7-12H2,1-2H3,(H2,21,22,24);1H. The monoisotopic (exact) mass is 563 g/mol. The van der Waals surface area contributed by atoms with Gasteiger partial charge in [0, 0.05) is 42.1 Å². The number of likely N-dealkylation sites (tertiary alicyclic amines) is 1. The molecule has 0 unspecified atom stereocenters. The number of benzene rings is 1. The van der Waals surface area contributed by atoms with E-state index in [1.165, 1.54) is 10.4 Å². The number of halogens is 2. The number of thiazole rings is 1. The second kappa shape index (κ2) is 11.3. The van der Waals surface area contributed by atoms with Crippen molar-refractivity contribution in [3.8, 4) is 0 Å². The van der Waals surface area contributed by atoms with E-state index in [4.69, 9.17) is 0 Å². The molecule has 1 fully saturated rings. The number of aromatic nitrogens is 1. The Balaban J connectivity index is 0.00000261. The fourth-order valence-electron chi connectivity index (χ4n) is 3.13. The molecule has 1 aliphatic heterocycles. The van der Waals surface area contributed by atoms with Gasteiger partial charge in [-0.1, -0.05) is 28.1 Å². The van der Waals surface area contributed by atoms with Gasteiger partial charge in [-0.2, -0.15) is 0 Å². The molecule has 5 nitrogen and oxygen atoms in total. The Morgan fingerprint density at radius 3 is 2.59 bits per heavy atom. The summed E-state index contributed by atoms with van der Waals surface area (Å²) in [7, 11) is 1.83. The molecule has 0 spiro atoms. The van der Waals surface area contributed by atoms with E-state index in [2.05, 4.69) is 65.7 Å². The maximum absolute atomic E-state index is 4.37. The molecule has 1 aromatic carbocycles. The molecule has 8 heteroatoms. The molecule has 2 N–H and O–H groups in total. The summed E-state index contributed by atoms with van der Waals surface area (Å²) in [5.74, 6) is 0.879. The van der Waals surface area contributed by atoms with E-state index in [1.807, 2.05) is 19.5 Å². The molecular formula is C19H27BrIN5S. The van der Waals surface area contributed by atoms with Gasteiger partial charge in [0.1, 0.15) is 0 Å². The summed E-state index contributed by atoms with van der Waals surface area (Å²) in [6, 6.07) is 9.10. The number of piperidine rings is 1. The van der Waals surface area contributed by atoms with Gasteiger partial charge in [0.25, 0.3) is 0 Å². The first kappa shape index (κ1) is 22.6. The predicted molar refractivity (Wildman–Crippen MR) is 128 cm³/mol. The predicted octanol–water partition coefficient (Wildman–Crippen LogP) is 4.16. The van der Waals surface area contributed by atoms with Gasteiger partial charge in [-0.15, -0.1) is 35.3 Å². The Kier molecular flexibility index (Phi) is 9.47. The van der Waals surface area contributed by atoms with Gasteiger partial charge in [-0.25, -0.2) is 4.98 Å². The number of hydrogen-bond acceptors (Lipinski definition) is 4. The smallest absolute Gasteiger partial charge is 0.191 e. The Morgan fingerprint density at radius 2 is 2.00 bits per heavy atom. The molecule has 3 rings (SSSR count). The highest BCUT2D eigenvalue weighted by molar-refractivity contribution is 14.0. The quantitative estimate of drug-likeness (QED) is 0.326. The summed E-state index contributed by atoms with van der Waals surface area (Å²) in [5, 5.41) is 6.98. The number of guanidine groups is 1. The number of nitrogens with zero attached hydrogens (tertiary/aromatic N) is 3. The molecule has 0 radical (unpaired) electrons. The van der Waals surface area contributed by atoms with Crippen LogP contribution in [0.4, 0.5) is 0 Å². The van der Waals surface area contributed by atoms with Crippen LogP contribution in [-0.2, 0) is 13.1 Å². The van der Waals surface area contributed by atoms with E-state index in [9.17, 15) is 0 Å². The highest BCUT2D eigenvalue weighted by Crippen LogP contribution is 2.16. The molecule has 1 saturated heterocycles. The molecule has 1 aromatic heterocycles. The number of hydrogen-bond donors (Lipinski definition) is 2. The van der Waals surface area contributed by atoms with Crippen molar-refractivity contribution < 1.29 is 0 Å². The minimum atomic E-state index is 0. The summed E-state index contributed by atoms with van der Waals surface area (Å²) in [6.07, 6.45) is 2.27. The van der Waals surface area contributed by atoms with Crippen molar-refractivity contribution in [1.82, 2.24) is 20.5 Å². The summed E-state index contributed by atoms with van der Waals surface area (Å²) in [4.78, 5) is 12.4. The summed E-state index contributed by atoms with van der Waals surface area (Å²) in [5.41, 5.74) is 4.36. The lowest BCUT2D eigenvalue weighted by molar-refractivity contribution is 0.198. The third-order valence-corrected chi connectivity index (χ3v) is 6.20. The van der Waals surface area contributed by atoms with Crippen LogP contribution in [0, 0.1) is 6.92 Å². The minimum absolute atomic E-state index is 0. The Morgan fingerprint density at radius 1 is 1.30 bits per heavy atom. The normalized spacial score (nSPS) is 16.0. The molecule has 0 amide bonds. The number of nitrogens with one attached hydrogen (secondary N) is 2. The SMILES string of the molecule is CN=C(NCc1scnc1C)NC1CCN(Cc2ccc(Br)cc2)CC1.I. The van der Waals surface area contributed by atoms with Gasteiger partial charge in [-0.3, -0.25) is 9.89 Å². The summed E-state index contributed by atoms with van der Waals surface area (Å²) >= 11 is 5.18. The van der Waals surface area contributed by atoms with Crippen molar-refractivity contribution in [2.45, 2.75) is 38.9 Å². The molecule has 2 heterocycles. The van der Waals surface area contributed by atoms with Crippen molar-refractivity contribution >= 4 is 57.2 Å². The maximum Gasteiger partial charge on any atom is 0.191 e. The molecule has 148 valence electrons. The van der Waals surface area contributed by atoms with Crippen molar-refractivity contribution in [2.75, 3.05) is 20.1 Å². The average Bonchev–Trinajstić information content (AvgIpc) is 3.07. The Bertz CT molecular complexity index is 726. The van der Waals surface area contributed by atoms with E-state index >= 15 is 0 Å². The number of rotatable bonds is 5. The molecule has 0 bridgehead atoms. The number of aliphatic imine (C=N–C) groups is 1. The fraction of sp³-hybridized carbons (Fsp3) is 0.474. The molecule has 27 heavy (non-hydrogen) atoms. The first-order valence-electron chi connectivity index (χ1n) is 8.97. The van der Waals surface area contributed by atoms with Crippen LogP contribution in [0.5, 0.6) is 0 Å². The minimum Gasteiger partial charge on any atom is -0.354 e. The van der Waals surface area contributed by atoms with Crippen LogP contribution in [0.25, 0.3) is 0 Å². The van der Waals surface area contributed by atoms with Gasteiger partial charge in [-0.05, 0) is 37.5 Å². The van der Waals surface area contributed by atoms with E-state index in [1.54, 1.807) is 11.3 Å². The zero-order valence-corrected chi connectivity index (χ0v) is 20.5. The Labute approximate surface area is 191 Å². The van der Waals surface area contributed by atoms with Crippen molar-refractivity contribution in [3.63, 3.8) is 0 Å². The van der Waals surface area contributed by atoms with Crippen LogP contribution in [0.2, 0.25) is 0 Å². The molecular weight excluding hydrogens is 537 g/mol. The van der Waals surface area contributed by atoms with Crippen LogP contribution in [0.15, 0.2) is 39.2 Å². The molecule has 0 saturated carbocycles. The lowest BCUT2D eigenvalue weighted by Gasteiger charge is -2.33. The van der Waals surface area contributed by atoms with Crippen LogP contribution in [-0.4, -0.2) is 42.0 Å². The van der Waals surface area contributed by atoms with Crippen LogP contribution in [0.3, 0.4) is 0 Å². The molecule has 0 aliphatic carbocycles. The fourth-order valence-corrected chi connectivity index (χ4v) is 4.11. The van der Waals surface area contributed by atoms with Gasteiger partial charge in [0.05, 0.1) is 17.7 Å². The first-order chi connectivity index (χ1) is 12.6. The average molecular weight is 564 g/mol. The topological polar surface area (TPSA) is 52.6 Å². The van der Waals surface area contributed by atoms with E-state index in [0.717, 1.165) is 55.1 Å². The second-order valence-electron chi connectivity index (χ2n) is 6.61. The third kappa shape index (κ3) is 6.99. The van der Waals surface area contributed by atoms with Crippen LogP contribution >= 0.6 is 51.2 Å². The zero-order valence-electron chi connectivity index (χ0n) is 15.7. The van der Waals surface area contributed by atoms with E-state index < -0.39 is 0 Å².